The molecule has 3 aliphatic rings. The first-order chi connectivity index (χ1) is 18.5. The van der Waals surface area contributed by atoms with E-state index in [0.717, 1.165) is 75.0 Å². The number of hydrogen-bond acceptors (Lipinski definition) is 7. The average Bonchev–Trinajstić information content (AvgIpc) is 3.59. The molecule has 0 amide bonds. The van der Waals surface area contributed by atoms with Gasteiger partial charge in [0.15, 0.2) is 17.0 Å². The number of hydrazine groups is 1. The van der Waals surface area contributed by atoms with Gasteiger partial charge >= 0.3 is 0 Å². The van der Waals surface area contributed by atoms with Crippen molar-refractivity contribution in [1.82, 2.24) is 24.5 Å². The third kappa shape index (κ3) is 8.22. The molecule has 4 N–H and O–H groups in total. The first kappa shape index (κ1) is 34.2. The third-order valence-electron chi connectivity index (χ3n) is 8.63. The van der Waals surface area contributed by atoms with Crippen LogP contribution in [0.5, 0.6) is 0 Å². The number of imidazole rings is 1. The number of aromatic nitrogens is 4. The number of hydrogen-bond donors (Lipinski definition) is 3. The van der Waals surface area contributed by atoms with Gasteiger partial charge in [0.1, 0.15) is 0 Å². The van der Waals surface area contributed by atoms with Gasteiger partial charge in [-0.1, -0.05) is 42.1 Å². The Bertz CT molecular complexity index is 1250. The molecule has 2 aromatic heterocycles. The van der Waals surface area contributed by atoms with Crippen LogP contribution in [0, 0.1) is 5.92 Å². The van der Waals surface area contributed by atoms with Crippen molar-refractivity contribution in [2.75, 3.05) is 23.8 Å². The minimum atomic E-state index is 0. The Balaban J connectivity index is 0.00000154. The Morgan fingerprint density at radius 1 is 0.878 bits per heavy atom. The van der Waals surface area contributed by atoms with Gasteiger partial charge in [0.2, 0.25) is 5.95 Å². The van der Waals surface area contributed by atoms with Crippen molar-refractivity contribution < 1.29 is 0 Å². The molecular weight excluding hydrogens is 626 g/mol. The molecule has 0 spiro atoms. The summed E-state index contributed by atoms with van der Waals surface area (Å²) in [6.07, 6.45) is 14.3. The molecule has 2 saturated carbocycles. The van der Waals surface area contributed by atoms with Crippen LogP contribution < -0.4 is 16.5 Å². The highest BCUT2D eigenvalue weighted by Gasteiger charge is 2.26. The zero-order chi connectivity index (χ0) is 26.1. The van der Waals surface area contributed by atoms with Crippen LogP contribution in [0.15, 0.2) is 24.5 Å². The van der Waals surface area contributed by atoms with E-state index in [1.54, 1.807) is 0 Å². The molecule has 0 bridgehead atoms. The lowest BCUT2D eigenvalue weighted by Crippen LogP contribution is -2.39. The number of rotatable bonds is 7. The third-order valence-corrected chi connectivity index (χ3v) is 9.37. The minimum absolute atomic E-state index is 0. The summed E-state index contributed by atoms with van der Waals surface area (Å²) in [5.74, 6) is 2.10. The van der Waals surface area contributed by atoms with E-state index < -0.39 is 0 Å². The fourth-order valence-corrected chi connectivity index (χ4v) is 6.67. The molecule has 0 radical (unpaired) electrons. The largest absolute Gasteiger partial charge is 0.351 e. The Labute approximate surface area is 271 Å². The normalized spacial score (nSPS) is 22.0. The van der Waals surface area contributed by atoms with Gasteiger partial charge in [0, 0.05) is 31.2 Å². The van der Waals surface area contributed by atoms with Crippen molar-refractivity contribution in [3.8, 4) is 0 Å². The summed E-state index contributed by atoms with van der Waals surface area (Å²) >= 11 is 12.3. The van der Waals surface area contributed by atoms with Crippen LogP contribution >= 0.6 is 60.4 Å². The van der Waals surface area contributed by atoms with Crippen LogP contribution in [0.2, 0.25) is 10.0 Å². The predicted octanol–water partition coefficient (Wildman–Crippen LogP) is 7.48. The summed E-state index contributed by atoms with van der Waals surface area (Å²) in [5.41, 5.74) is 12.8. The zero-order valence-corrected chi connectivity index (χ0v) is 27.1. The van der Waals surface area contributed by atoms with Gasteiger partial charge in [-0.05, 0) is 81.4 Å². The summed E-state index contributed by atoms with van der Waals surface area (Å²) in [5, 5.41) is 7.15. The van der Waals surface area contributed by atoms with Crippen molar-refractivity contribution >= 4 is 83.4 Å². The van der Waals surface area contributed by atoms with Gasteiger partial charge < -0.3 is 21.0 Å². The first-order valence-electron chi connectivity index (χ1n) is 14.2. The molecule has 0 unspecified atom stereocenters. The summed E-state index contributed by atoms with van der Waals surface area (Å²) in [6, 6.07) is 7.14. The summed E-state index contributed by atoms with van der Waals surface area (Å²) in [4.78, 5) is 14.7. The Hall–Kier alpha value is -1.26. The SMILES string of the molecule is Cl.Cl.Cl.N[C@H]1CC[C@H](Nc2nc(NN3CCC(Cc4ccc(Cl)c(Cl)c4)CC3)c3ncn(C4CCCC4)c3n2)CC1. The van der Waals surface area contributed by atoms with Crippen LogP contribution in [-0.2, 0) is 6.42 Å². The molecule has 1 saturated heterocycles. The maximum absolute atomic E-state index is 6.24. The molecule has 2 aliphatic carbocycles. The molecule has 0 atom stereocenters. The number of benzene rings is 1. The van der Waals surface area contributed by atoms with E-state index in [2.05, 4.69) is 26.4 Å². The maximum Gasteiger partial charge on any atom is 0.227 e. The van der Waals surface area contributed by atoms with E-state index in [-0.39, 0.29) is 37.2 Å². The standard InChI is InChI=1S/C28H38Cl2N8.3ClH/c29-23-10-5-19(16-24(23)30)15-18-11-13-37(14-12-18)36-26-25-27(38(17-32-25)22-3-1-2-4-22)35-28(34-26)33-21-8-6-20(31)7-9-21;;;/h5,10,16-18,20-22H,1-4,6-9,11-15,31H2,(H2,33,34,35,36);3*1H/t20-,21-;;;. The van der Waals surface area contributed by atoms with Gasteiger partial charge in [-0.15, -0.1) is 37.2 Å². The van der Waals surface area contributed by atoms with E-state index in [4.69, 9.17) is 43.9 Å². The van der Waals surface area contributed by atoms with Crippen molar-refractivity contribution in [3.05, 3.63) is 40.1 Å². The van der Waals surface area contributed by atoms with Crippen LogP contribution in [0.3, 0.4) is 0 Å². The van der Waals surface area contributed by atoms with Gasteiger partial charge in [0.05, 0.1) is 16.4 Å². The summed E-state index contributed by atoms with van der Waals surface area (Å²) in [7, 11) is 0. The zero-order valence-electron chi connectivity index (χ0n) is 23.1. The fourth-order valence-electron chi connectivity index (χ4n) is 6.35. The van der Waals surface area contributed by atoms with Gasteiger partial charge in [-0.25, -0.2) is 9.99 Å². The van der Waals surface area contributed by atoms with Crippen LogP contribution in [0.4, 0.5) is 11.8 Å². The minimum Gasteiger partial charge on any atom is -0.351 e. The molecule has 6 rings (SSSR count). The second-order valence-electron chi connectivity index (χ2n) is 11.4. The van der Waals surface area contributed by atoms with Crippen molar-refractivity contribution in [3.63, 3.8) is 0 Å². The molecule has 8 nitrogen and oxygen atoms in total. The molecule has 1 aromatic carbocycles. The number of fused-ring (bicyclic) bond motifs is 1. The quantitative estimate of drug-likeness (QED) is 0.241. The van der Waals surface area contributed by atoms with Gasteiger partial charge in [0.25, 0.3) is 0 Å². The topological polar surface area (TPSA) is 96.9 Å². The fraction of sp³-hybridized carbons (Fsp3) is 0.607. The van der Waals surface area contributed by atoms with Crippen LogP contribution in [0.1, 0.15) is 75.8 Å². The number of halogens is 5. The van der Waals surface area contributed by atoms with E-state index in [1.165, 1.54) is 31.2 Å². The van der Waals surface area contributed by atoms with E-state index in [0.29, 0.717) is 40.0 Å². The highest BCUT2D eigenvalue weighted by molar-refractivity contribution is 6.42. The number of nitrogens with two attached hydrogens (primary N) is 1. The molecule has 3 aromatic rings. The summed E-state index contributed by atoms with van der Waals surface area (Å²) < 4.78 is 2.28. The Kier molecular flexibility index (Phi) is 12.9. The van der Waals surface area contributed by atoms with Crippen molar-refractivity contribution in [2.45, 2.75) is 88.8 Å². The average molecular weight is 667 g/mol. The van der Waals surface area contributed by atoms with E-state index in [1.807, 2.05) is 18.5 Å². The monoisotopic (exact) mass is 664 g/mol. The molecule has 13 heteroatoms. The van der Waals surface area contributed by atoms with E-state index in [9.17, 15) is 0 Å². The molecular formula is C28H41Cl5N8. The highest BCUT2D eigenvalue weighted by atomic mass is 35.5. The first-order valence-corrected chi connectivity index (χ1v) is 15.0. The van der Waals surface area contributed by atoms with Gasteiger partial charge in [-0.3, -0.25) is 0 Å². The molecule has 3 fully saturated rings. The second kappa shape index (κ2) is 15.5. The number of anilines is 2. The van der Waals surface area contributed by atoms with Crippen LogP contribution in [0.25, 0.3) is 11.2 Å². The van der Waals surface area contributed by atoms with Crippen LogP contribution in [-0.4, -0.2) is 49.7 Å². The Morgan fingerprint density at radius 3 is 2.27 bits per heavy atom. The lowest BCUT2D eigenvalue weighted by molar-refractivity contribution is 0.216. The summed E-state index contributed by atoms with van der Waals surface area (Å²) in [6.45, 7) is 1.90. The highest BCUT2D eigenvalue weighted by Crippen LogP contribution is 2.34. The molecule has 3 heterocycles. The Morgan fingerprint density at radius 2 is 1.59 bits per heavy atom. The lowest BCUT2D eigenvalue weighted by atomic mass is 9.91. The molecule has 41 heavy (non-hydrogen) atoms. The number of nitrogens with zero attached hydrogens (tertiary/aromatic N) is 5. The van der Waals surface area contributed by atoms with Crippen molar-refractivity contribution in [1.29, 1.82) is 0 Å². The number of piperidine rings is 1. The van der Waals surface area contributed by atoms with Crippen molar-refractivity contribution in [2.24, 2.45) is 11.7 Å². The predicted molar refractivity (Wildman–Crippen MR) is 177 cm³/mol. The van der Waals surface area contributed by atoms with Gasteiger partial charge in [-0.2, -0.15) is 9.97 Å². The second-order valence-corrected chi connectivity index (χ2v) is 12.2. The number of nitrogens with one attached hydrogen (secondary N) is 2. The smallest absolute Gasteiger partial charge is 0.227 e. The van der Waals surface area contributed by atoms with E-state index >= 15 is 0 Å². The maximum atomic E-state index is 6.24. The molecule has 1 aliphatic heterocycles. The lowest BCUT2D eigenvalue weighted by Gasteiger charge is -2.32. The molecule has 228 valence electrons.